The van der Waals surface area contributed by atoms with Gasteiger partial charge in [-0.15, -0.1) is 0 Å². The molecule has 0 atom stereocenters. The molecular formula is C18H13F2N5O4S. The highest BCUT2D eigenvalue weighted by Crippen LogP contribution is 2.24. The fourth-order valence-corrected chi connectivity index (χ4v) is 3.44. The molecule has 0 fully saturated rings. The van der Waals surface area contributed by atoms with Crippen molar-refractivity contribution in [3.8, 4) is 0 Å². The maximum atomic E-state index is 14.2. The number of H-pyrrole nitrogens is 1. The Hall–Kier alpha value is -3.80. The normalized spacial score (nSPS) is 11.6. The minimum atomic E-state index is -3.78. The number of rotatable bonds is 5. The second-order valence-electron chi connectivity index (χ2n) is 6.28. The number of oxazole rings is 1. The molecule has 0 aliphatic carbocycles. The van der Waals surface area contributed by atoms with Gasteiger partial charge in [0.1, 0.15) is 10.7 Å². The molecule has 12 heteroatoms. The van der Waals surface area contributed by atoms with Crippen molar-refractivity contribution in [3.63, 3.8) is 0 Å². The van der Waals surface area contributed by atoms with Gasteiger partial charge in [0.25, 0.3) is 0 Å². The van der Waals surface area contributed by atoms with Crippen LogP contribution < -0.4 is 16.4 Å². The molecule has 0 aliphatic rings. The van der Waals surface area contributed by atoms with Gasteiger partial charge in [-0.25, -0.2) is 27.0 Å². The van der Waals surface area contributed by atoms with Crippen LogP contribution in [0.4, 0.5) is 31.9 Å². The van der Waals surface area contributed by atoms with Gasteiger partial charge in [-0.1, -0.05) is 0 Å². The molecule has 154 valence electrons. The van der Waals surface area contributed by atoms with Crippen LogP contribution >= 0.6 is 0 Å². The van der Waals surface area contributed by atoms with E-state index >= 15 is 0 Å². The van der Waals surface area contributed by atoms with Gasteiger partial charge in [-0.05, 0) is 36.4 Å². The maximum Gasteiger partial charge on any atom is 0.417 e. The molecule has 2 aromatic heterocycles. The van der Waals surface area contributed by atoms with E-state index < -0.39 is 32.1 Å². The van der Waals surface area contributed by atoms with Gasteiger partial charge in [0.05, 0.1) is 11.7 Å². The van der Waals surface area contributed by atoms with Crippen LogP contribution in [0.15, 0.2) is 56.7 Å². The van der Waals surface area contributed by atoms with Gasteiger partial charge in [-0.3, -0.25) is 4.98 Å². The number of aromatic amines is 1. The van der Waals surface area contributed by atoms with E-state index in [1.807, 2.05) is 0 Å². The fourth-order valence-electron chi connectivity index (χ4n) is 2.68. The van der Waals surface area contributed by atoms with Crippen LogP contribution in [-0.2, 0) is 9.84 Å². The molecule has 4 rings (SSSR count). The molecule has 0 saturated heterocycles. The van der Waals surface area contributed by atoms with Crippen LogP contribution in [-0.4, -0.2) is 29.6 Å². The third kappa shape index (κ3) is 3.98. The first-order valence-corrected chi connectivity index (χ1v) is 10.3. The molecule has 0 aliphatic heterocycles. The lowest BCUT2D eigenvalue weighted by Gasteiger charge is -2.10. The number of benzene rings is 2. The number of hydrogen-bond donors (Lipinski definition) is 3. The largest absolute Gasteiger partial charge is 0.417 e. The summed E-state index contributed by atoms with van der Waals surface area (Å²) in [5.41, 5.74) is 1.38. The number of fused-ring (bicyclic) bond motifs is 1. The summed E-state index contributed by atoms with van der Waals surface area (Å²) in [6, 6.07) is 8.00. The van der Waals surface area contributed by atoms with E-state index in [1.54, 1.807) is 6.07 Å². The van der Waals surface area contributed by atoms with Crippen LogP contribution in [0.2, 0.25) is 0 Å². The molecule has 0 saturated carbocycles. The molecule has 0 spiro atoms. The third-order valence-electron chi connectivity index (χ3n) is 4.01. The van der Waals surface area contributed by atoms with Crippen LogP contribution in [0.25, 0.3) is 11.1 Å². The smallest absolute Gasteiger partial charge is 0.408 e. The molecule has 2 aromatic carbocycles. The second kappa shape index (κ2) is 7.22. The van der Waals surface area contributed by atoms with Crippen LogP contribution in [0.3, 0.4) is 0 Å². The average molecular weight is 433 g/mol. The summed E-state index contributed by atoms with van der Waals surface area (Å²) in [5, 5.41) is 5.47. The van der Waals surface area contributed by atoms with Crippen molar-refractivity contribution in [2.45, 2.75) is 4.90 Å². The molecule has 0 amide bonds. The van der Waals surface area contributed by atoms with Gasteiger partial charge >= 0.3 is 5.76 Å². The van der Waals surface area contributed by atoms with Crippen molar-refractivity contribution in [1.29, 1.82) is 0 Å². The summed E-state index contributed by atoms with van der Waals surface area (Å²) >= 11 is 0. The summed E-state index contributed by atoms with van der Waals surface area (Å²) in [6.45, 7) is 0. The van der Waals surface area contributed by atoms with E-state index in [9.17, 15) is 22.0 Å². The Balaban J connectivity index is 1.62. The van der Waals surface area contributed by atoms with Crippen molar-refractivity contribution >= 4 is 44.1 Å². The van der Waals surface area contributed by atoms with Crippen molar-refractivity contribution < 1.29 is 21.6 Å². The Morgan fingerprint density at radius 1 is 1.03 bits per heavy atom. The van der Waals surface area contributed by atoms with Gasteiger partial charge in [0.2, 0.25) is 5.95 Å². The minimum Gasteiger partial charge on any atom is -0.408 e. The summed E-state index contributed by atoms with van der Waals surface area (Å²) in [7, 11) is -3.78. The molecule has 4 aromatic rings. The maximum absolute atomic E-state index is 14.2. The van der Waals surface area contributed by atoms with Crippen molar-refractivity contribution in [1.82, 2.24) is 15.0 Å². The quantitative estimate of drug-likeness (QED) is 0.438. The predicted molar refractivity (Wildman–Crippen MR) is 105 cm³/mol. The molecular weight excluding hydrogens is 420 g/mol. The van der Waals surface area contributed by atoms with E-state index in [2.05, 4.69) is 25.6 Å². The molecule has 9 nitrogen and oxygen atoms in total. The van der Waals surface area contributed by atoms with Crippen molar-refractivity contribution in [2.75, 3.05) is 16.9 Å². The van der Waals surface area contributed by atoms with E-state index in [-0.39, 0.29) is 17.5 Å². The first kappa shape index (κ1) is 19.5. The topological polar surface area (TPSA) is 130 Å². The Morgan fingerprint density at radius 2 is 1.77 bits per heavy atom. The predicted octanol–water partition coefficient (Wildman–Crippen LogP) is 3.08. The highest BCUT2D eigenvalue weighted by Gasteiger charge is 2.15. The summed E-state index contributed by atoms with van der Waals surface area (Å²) < 4.78 is 56.2. The van der Waals surface area contributed by atoms with E-state index in [0.29, 0.717) is 16.8 Å². The zero-order valence-corrected chi connectivity index (χ0v) is 16.0. The van der Waals surface area contributed by atoms with Crippen molar-refractivity contribution in [3.05, 3.63) is 64.8 Å². The SMILES string of the molecule is CS(=O)(=O)c1cc(Nc2ncc(F)c(Nc3ccc4oc(=O)[nH]c4c3)n2)ccc1F. The van der Waals surface area contributed by atoms with Crippen LogP contribution in [0.5, 0.6) is 0 Å². The minimum absolute atomic E-state index is 0.0530. The van der Waals surface area contributed by atoms with Gasteiger partial charge in [-0.2, -0.15) is 4.98 Å². The number of anilines is 4. The Bertz CT molecular complexity index is 1430. The average Bonchev–Trinajstić information content (AvgIpc) is 3.04. The summed E-state index contributed by atoms with van der Waals surface area (Å²) in [5.74, 6) is -2.49. The van der Waals surface area contributed by atoms with Gasteiger partial charge in [0.15, 0.2) is 27.1 Å². The lowest BCUT2D eigenvalue weighted by Crippen LogP contribution is -2.05. The Morgan fingerprint density at radius 3 is 2.53 bits per heavy atom. The molecule has 3 N–H and O–H groups in total. The fraction of sp³-hybridized carbons (Fsp3) is 0.0556. The summed E-state index contributed by atoms with van der Waals surface area (Å²) in [6.07, 6.45) is 1.80. The van der Waals surface area contributed by atoms with E-state index in [4.69, 9.17) is 4.42 Å². The zero-order chi connectivity index (χ0) is 21.5. The highest BCUT2D eigenvalue weighted by atomic mass is 32.2. The Labute approximate surface area is 167 Å². The van der Waals surface area contributed by atoms with Crippen LogP contribution in [0.1, 0.15) is 0 Å². The second-order valence-corrected chi connectivity index (χ2v) is 8.27. The van der Waals surface area contributed by atoms with Gasteiger partial charge in [0, 0.05) is 17.6 Å². The lowest BCUT2D eigenvalue weighted by atomic mass is 10.3. The third-order valence-corrected chi connectivity index (χ3v) is 5.12. The molecule has 0 bridgehead atoms. The summed E-state index contributed by atoms with van der Waals surface area (Å²) in [4.78, 5) is 21.1. The molecule has 2 heterocycles. The van der Waals surface area contributed by atoms with E-state index in [1.165, 1.54) is 18.2 Å². The first-order chi connectivity index (χ1) is 14.2. The van der Waals surface area contributed by atoms with Crippen LogP contribution in [0, 0.1) is 11.6 Å². The van der Waals surface area contributed by atoms with Gasteiger partial charge < -0.3 is 15.1 Å². The number of aromatic nitrogens is 3. The van der Waals surface area contributed by atoms with E-state index in [0.717, 1.165) is 24.6 Å². The number of hydrogen-bond acceptors (Lipinski definition) is 8. The molecule has 30 heavy (non-hydrogen) atoms. The molecule has 0 radical (unpaired) electrons. The molecule has 0 unspecified atom stereocenters. The number of halogens is 2. The standard InChI is InChI=1S/C18H13F2N5O4S/c1-30(27,28)15-7-10(2-4-11(15)19)23-17-21-8-12(20)16(25-17)22-9-3-5-14-13(6-9)24-18(26)29-14/h2-8H,1H3,(H,24,26)(H2,21,22,23,25). The monoisotopic (exact) mass is 433 g/mol. The van der Waals surface area contributed by atoms with Crippen molar-refractivity contribution in [2.24, 2.45) is 0 Å². The first-order valence-electron chi connectivity index (χ1n) is 8.38. The Kier molecular flexibility index (Phi) is 4.70. The zero-order valence-electron chi connectivity index (χ0n) is 15.2. The highest BCUT2D eigenvalue weighted by molar-refractivity contribution is 7.90. The number of nitrogens with one attached hydrogen (secondary N) is 3. The number of sulfone groups is 1. The number of nitrogens with zero attached hydrogens (tertiary/aromatic N) is 2. The lowest BCUT2D eigenvalue weighted by molar-refractivity contribution is 0.555.